The lowest BCUT2D eigenvalue weighted by atomic mass is 10.0. The molecule has 0 radical (unpaired) electrons. The van der Waals surface area contributed by atoms with E-state index in [0.717, 1.165) is 77.0 Å². The Morgan fingerprint density at radius 3 is 1.61 bits per heavy atom. The van der Waals surface area contributed by atoms with Crippen molar-refractivity contribution in [2.24, 2.45) is 0 Å². The number of carbonyl (C=O) groups excluding carboxylic acids is 1. The number of unbranched alkanes of at least 4 members (excludes halogenated alkanes) is 15. The molecule has 256 valence electrons. The fraction of sp³-hybridized carbons (Fsp3) is 0.757. The largest absolute Gasteiger partial charge is 0.391 e. The van der Waals surface area contributed by atoms with Gasteiger partial charge in [-0.15, -0.1) is 0 Å². The number of nitrogens with one attached hydrogen (secondary N) is 1. The zero-order valence-corrected chi connectivity index (χ0v) is 29.1. The smallest absolute Gasteiger partial charge is 0.266 e. The third-order valence-corrected chi connectivity index (χ3v) is 8.58. The zero-order valence-electron chi connectivity index (χ0n) is 28.3. The molecule has 0 aliphatic rings. The van der Waals surface area contributed by atoms with Gasteiger partial charge in [0, 0.05) is 6.42 Å². The van der Waals surface area contributed by atoms with Crippen LogP contribution < -0.4 is 5.32 Å². The van der Waals surface area contributed by atoms with Gasteiger partial charge in [0.15, 0.2) is 0 Å². The van der Waals surface area contributed by atoms with Crippen molar-refractivity contribution in [3.05, 3.63) is 48.6 Å². The summed E-state index contributed by atoms with van der Waals surface area (Å²) < 4.78 is 32.3. The molecule has 0 fully saturated rings. The summed E-state index contributed by atoms with van der Waals surface area (Å²) >= 11 is 0. The molecule has 0 saturated carbocycles. The van der Waals surface area contributed by atoms with Crippen LogP contribution in [-0.4, -0.2) is 41.9 Å². The van der Waals surface area contributed by atoms with Crippen molar-refractivity contribution in [1.29, 1.82) is 0 Å². The summed E-state index contributed by atoms with van der Waals surface area (Å²) in [6.45, 7) is 4.35. The van der Waals surface area contributed by atoms with Crippen LogP contribution in [0.2, 0.25) is 0 Å². The minimum atomic E-state index is -4.30. The van der Waals surface area contributed by atoms with E-state index < -0.39 is 28.0 Å². The lowest BCUT2D eigenvalue weighted by Crippen LogP contribution is -2.47. The van der Waals surface area contributed by atoms with E-state index in [1.807, 2.05) is 0 Å². The molecule has 0 spiro atoms. The maximum Gasteiger partial charge on any atom is 0.266 e. The Bertz CT molecular complexity index is 878. The zero-order chi connectivity index (χ0) is 32.6. The molecular weight excluding hydrogens is 570 g/mol. The molecular formula is C37H67NO5S. The van der Waals surface area contributed by atoms with Crippen LogP contribution in [0.15, 0.2) is 48.6 Å². The van der Waals surface area contributed by atoms with Crippen molar-refractivity contribution in [3.8, 4) is 0 Å². The molecule has 0 aliphatic heterocycles. The normalized spacial score (nSPS) is 14.0. The number of hydrogen-bond donors (Lipinski definition) is 3. The summed E-state index contributed by atoms with van der Waals surface area (Å²) in [5.74, 6) is -0.913. The van der Waals surface area contributed by atoms with Gasteiger partial charge in [-0.3, -0.25) is 9.35 Å². The van der Waals surface area contributed by atoms with Crippen molar-refractivity contribution in [1.82, 2.24) is 5.32 Å². The Morgan fingerprint density at radius 1 is 0.636 bits per heavy atom. The third kappa shape index (κ3) is 31.7. The number of amides is 1. The van der Waals surface area contributed by atoms with Gasteiger partial charge in [0.1, 0.15) is 0 Å². The van der Waals surface area contributed by atoms with Gasteiger partial charge in [0.05, 0.1) is 17.9 Å². The van der Waals surface area contributed by atoms with E-state index in [-0.39, 0.29) is 5.91 Å². The SMILES string of the molecule is CC/C=C\C/C=C\C/C=C\C/C=C\CCCCCCCCCCC(=O)NC(CS(=O)(=O)O)C(O)CCCCCCCCCC. The van der Waals surface area contributed by atoms with E-state index in [2.05, 4.69) is 67.8 Å². The van der Waals surface area contributed by atoms with Crippen molar-refractivity contribution in [2.45, 2.75) is 174 Å². The van der Waals surface area contributed by atoms with E-state index in [4.69, 9.17) is 0 Å². The Kier molecular flexibility index (Phi) is 30.1. The van der Waals surface area contributed by atoms with E-state index in [9.17, 15) is 22.9 Å². The summed E-state index contributed by atoms with van der Waals surface area (Å²) in [5.41, 5.74) is 0. The molecule has 2 atom stereocenters. The van der Waals surface area contributed by atoms with Crippen molar-refractivity contribution in [2.75, 3.05) is 5.75 Å². The first-order valence-corrected chi connectivity index (χ1v) is 19.4. The molecule has 6 nitrogen and oxygen atoms in total. The molecule has 7 heteroatoms. The third-order valence-electron chi connectivity index (χ3n) is 7.80. The first-order chi connectivity index (χ1) is 21.3. The summed E-state index contributed by atoms with van der Waals surface area (Å²) in [6, 6.07) is -0.973. The van der Waals surface area contributed by atoms with Crippen LogP contribution in [0.25, 0.3) is 0 Å². The first kappa shape index (κ1) is 42.3. The monoisotopic (exact) mass is 637 g/mol. The van der Waals surface area contributed by atoms with E-state index in [1.165, 1.54) is 57.8 Å². The second-order valence-corrected chi connectivity index (χ2v) is 13.6. The van der Waals surface area contributed by atoms with Gasteiger partial charge in [0.25, 0.3) is 10.1 Å². The number of rotatable bonds is 31. The van der Waals surface area contributed by atoms with Gasteiger partial charge >= 0.3 is 0 Å². The summed E-state index contributed by atoms with van der Waals surface area (Å²) in [4.78, 5) is 12.4. The van der Waals surface area contributed by atoms with Crippen molar-refractivity contribution in [3.63, 3.8) is 0 Å². The predicted molar refractivity (Wildman–Crippen MR) is 188 cm³/mol. The highest BCUT2D eigenvalue weighted by Gasteiger charge is 2.26. The molecule has 0 bridgehead atoms. The fourth-order valence-electron chi connectivity index (χ4n) is 5.15. The maximum absolute atomic E-state index is 12.4. The molecule has 0 aromatic rings. The first-order valence-electron chi connectivity index (χ1n) is 17.8. The second kappa shape index (κ2) is 31.3. The average Bonchev–Trinajstić information content (AvgIpc) is 2.98. The van der Waals surface area contributed by atoms with Crippen LogP contribution in [-0.2, 0) is 14.9 Å². The number of carbonyl (C=O) groups is 1. The minimum absolute atomic E-state index is 0.260. The molecule has 3 N–H and O–H groups in total. The van der Waals surface area contributed by atoms with Crippen LogP contribution in [0.1, 0.15) is 162 Å². The highest BCUT2D eigenvalue weighted by atomic mass is 32.2. The highest BCUT2D eigenvalue weighted by molar-refractivity contribution is 7.85. The Labute approximate surface area is 271 Å². The molecule has 0 saturated heterocycles. The van der Waals surface area contributed by atoms with Crippen LogP contribution >= 0.6 is 0 Å². The number of hydrogen-bond acceptors (Lipinski definition) is 4. The number of allylic oxidation sites excluding steroid dienone is 8. The minimum Gasteiger partial charge on any atom is -0.391 e. The Morgan fingerprint density at radius 2 is 1.09 bits per heavy atom. The Hall–Kier alpha value is -1.70. The molecule has 0 rings (SSSR count). The second-order valence-electron chi connectivity index (χ2n) is 12.1. The summed E-state index contributed by atoms with van der Waals surface area (Å²) in [6.07, 6.45) is 40.7. The molecule has 2 unspecified atom stereocenters. The van der Waals surface area contributed by atoms with Gasteiger partial charge in [-0.1, -0.05) is 152 Å². The van der Waals surface area contributed by atoms with Gasteiger partial charge in [-0.2, -0.15) is 8.42 Å². The topological polar surface area (TPSA) is 104 Å². The van der Waals surface area contributed by atoms with Crippen LogP contribution in [0.4, 0.5) is 0 Å². The number of aliphatic hydroxyl groups excluding tert-OH is 1. The van der Waals surface area contributed by atoms with Crippen molar-refractivity contribution < 1.29 is 22.9 Å². The predicted octanol–water partition coefficient (Wildman–Crippen LogP) is 9.96. The van der Waals surface area contributed by atoms with E-state index >= 15 is 0 Å². The molecule has 0 aromatic carbocycles. The number of aliphatic hydroxyl groups is 1. The molecule has 1 amide bonds. The van der Waals surface area contributed by atoms with Gasteiger partial charge in [-0.05, 0) is 51.4 Å². The fourth-order valence-corrected chi connectivity index (χ4v) is 5.91. The summed E-state index contributed by atoms with van der Waals surface area (Å²) in [5, 5.41) is 13.2. The van der Waals surface area contributed by atoms with E-state index in [1.54, 1.807) is 0 Å². The van der Waals surface area contributed by atoms with E-state index in [0.29, 0.717) is 12.8 Å². The van der Waals surface area contributed by atoms with Gasteiger partial charge in [-0.25, -0.2) is 0 Å². The van der Waals surface area contributed by atoms with Gasteiger partial charge < -0.3 is 10.4 Å². The van der Waals surface area contributed by atoms with Gasteiger partial charge in [0.2, 0.25) is 5.91 Å². The molecule has 0 aliphatic carbocycles. The highest BCUT2D eigenvalue weighted by Crippen LogP contribution is 2.14. The molecule has 0 aromatic heterocycles. The maximum atomic E-state index is 12.4. The van der Waals surface area contributed by atoms with Crippen molar-refractivity contribution >= 4 is 16.0 Å². The average molecular weight is 638 g/mol. The molecule has 0 heterocycles. The van der Waals surface area contributed by atoms with Crippen LogP contribution in [0.3, 0.4) is 0 Å². The lowest BCUT2D eigenvalue weighted by molar-refractivity contribution is -0.122. The van der Waals surface area contributed by atoms with Crippen LogP contribution in [0, 0.1) is 0 Å². The summed E-state index contributed by atoms with van der Waals surface area (Å²) in [7, 11) is -4.30. The lowest BCUT2D eigenvalue weighted by Gasteiger charge is -2.23. The quantitative estimate of drug-likeness (QED) is 0.0399. The standard InChI is InChI=1S/C37H67NO5S/c1-3-5-7-9-11-13-14-15-16-17-18-19-20-21-22-23-24-25-27-29-31-33-37(40)38-35(34-44(41,42)43)36(39)32-30-28-26-12-10-8-6-4-2/h5,7,11,13,15-16,18-19,35-36,39H,3-4,6,8-10,12,14,17,20-34H2,1-2H3,(H,38,40)(H,41,42,43)/b7-5-,13-11-,16-15-,19-18-. The molecule has 44 heavy (non-hydrogen) atoms. The van der Waals surface area contributed by atoms with Crippen LogP contribution in [0.5, 0.6) is 0 Å². The Balaban J connectivity index is 3.87.